The van der Waals surface area contributed by atoms with Crippen LogP contribution in [0.25, 0.3) is 0 Å². The fourth-order valence-electron chi connectivity index (χ4n) is 1.57. The highest BCUT2D eigenvalue weighted by Crippen LogP contribution is 2.22. The third-order valence-electron chi connectivity index (χ3n) is 2.51. The second kappa shape index (κ2) is 6.31. The normalized spacial score (nSPS) is 11.1. The highest BCUT2D eigenvalue weighted by molar-refractivity contribution is 7.98. The number of rotatable bonds is 6. The molecule has 2 aromatic heterocycles. The van der Waals surface area contributed by atoms with Crippen LogP contribution in [-0.2, 0) is 18.7 Å². The van der Waals surface area contributed by atoms with Crippen molar-refractivity contribution in [3.63, 3.8) is 0 Å². The Morgan fingerprint density at radius 3 is 2.94 bits per heavy atom. The van der Waals surface area contributed by atoms with E-state index in [1.807, 2.05) is 6.92 Å². The minimum atomic E-state index is 0.600. The number of thioether (sulfide) groups is 1. The first-order chi connectivity index (χ1) is 8.74. The Morgan fingerprint density at radius 1 is 1.44 bits per heavy atom. The first-order valence-electron chi connectivity index (χ1n) is 5.90. The van der Waals surface area contributed by atoms with Crippen LogP contribution in [0.15, 0.2) is 10.5 Å². The predicted molar refractivity (Wildman–Crippen MR) is 74.9 cm³/mol. The lowest BCUT2D eigenvalue weighted by molar-refractivity contribution is 0.627. The molecule has 2 rings (SSSR count). The summed E-state index contributed by atoms with van der Waals surface area (Å²) in [5.74, 6) is 1.75. The Balaban J connectivity index is 2.01. The van der Waals surface area contributed by atoms with Gasteiger partial charge in [-0.1, -0.05) is 18.7 Å². The number of thiazole rings is 1. The molecule has 2 aromatic rings. The summed E-state index contributed by atoms with van der Waals surface area (Å²) >= 11 is 3.38. The topological polar surface area (TPSA) is 69.6 Å². The van der Waals surface area contributed by atoms with Crippen molar-refractivity contribution in [2.45, 2.75) is 37.7 Å². The van der Waals surface area contributed by atoms with Crippen molar-refractivity contribution in [3.8, 4) is 0 Å². The van der Waals surface area contributed by atoms with Crippen LogP contribution in [0.1, 0.15) is 23.4 Å². The molecule has 7 heteroatoms. The Bertz CT molecular complexity index is 505. The van der Waals surface area contributed by atoms with Crippen LogP contribution in [0.5, 0.6) is 0 Å². The molecule has 0 aliphatic heterocycles. The molecule has 0 saturated heterocycles. The molecule has 0 unspecified atom stereocenters. The summed E-state index contributed by atoms with van der Waals surface area (Å²) < 4.78 is 2.05. The molecule has 0 spiro atoms. The molecule has 0 aliphatic rings. The SMILES string of the molecule is CCc1nc(CSc2nnc(C)n2CCN)cs1. The molecular formula is C11H17N5S2. The maximum Gasteiger partial charge on any atom is 0.191 e. The highest BCUT2D eigenvalue weighted by Gasteiger charge is 2.09. The number of hydrogen-bond donors (Lipinski definition) is 1. The van der Waals surface area contributed by atoms with Crippen molar-refractivity contribution in [1.82, 2.24) is 19.7 Å². The van der Waals surface area contributed by atoms with Crippen LogP contribution >= 0.6 is 23.1 Å². The lowest BCUT2D eigenvalue weighted by Gasteiger charge is -2.05. The Morgan fingerprint density at radius 2 is 2.28 bits per heavy atom. The molecule has 98 valence electrons. The second-order valence-electron chi connectivity index (χ2n) is 3.84. The third kappa shape index (κ3) is 3.09. The molecule has 2 heterocycles. The number of aromatic nitrogens is 4. The molecule has 0 radical (unpaired) electrons. The van der Waals surface area contributed by atoms with Crippen LogP contribution in [0.2, 0.25) is 0 Å². The monoisotopic (exact) mass is 283 g/mol. The van der Waals surface area contributed by atoms with Gasteiger partial charge in [0.05, 0.1) is 10.7 Å². The molecule has 2 N–H and O–H groups in total. The summed E-state index contributed by atoms with van der Waals surface area (Å²) in [7, 11) is 0. The average Bonchev–Trinajstić information content (AvgIpc) is 2.96. The number of hydrogen-bond acceptors (Lipinski definition) is 6. The maximum absolute atomic E-state index is 5.59. The molecule has 0 bridgehead atoms. The van der Waals surface area contributed by atoms with E-state index in [1.165, 1.54) is 5.01 Å². The zero-order chi connectivity index (χ0) is 13.0. The summed E-state index contributed by atoms with van der Waals surface area (Å²) in [6.07, 6.45) is 0.998. The Hall–Kier alpha value is -0.920. The van der Waals surface area contributed by atoms with Crippen molar-refractivity contribution in [2.24, 2.45) is 5.73 Å². The first kappa shape index (κ1) is 13.5. The lowest BCUT2D eigenvalue weighted by atomic mass is 10.5. The number of nitrogens with zero attached hydrogens (tertiary/aromatic N) is 4. The van der Waals surface area contributed by atoms with Crippen molar-refractivity contribution >= 4 is 23.1 Å². The first-order valence-corrected chi connectivity index (χ1v) is 7.77. The van der Waals surface area contributed by atoms with Gasteiger partial charge in [0.2, 0.25) is 0 Å². The van der Waals surface area contributed by atoms with Gasteiger partial charge < -0.3 is 10.3 Å². The van der Waals surface area contributed by atoms with Gasteiger partial charge in [-0.15, -0.1) is 21.5 Å². The average molecular weight is 283 g/mol. The molecule has 18 heavy (non-hydrogen) atoms. The minimum absolute atomic E-state index is 0.600. The smallest absolute Gasteiger partial charge is 0.191 e. The van der Waals surface area contributed by atoms with E-state index in [4.69, 9.17) is 5.73 Å². The van der Waals surface area contributed by atoms with E-state index < -0.39 is 0 Å². The molecule has 0 saturated carbocycles. The number of nitrogens with two attached hydrogens (primary N) is 1. The van der Waals surface area contributed by atoms with Crippen molar-refractivity contribution < 1.29 is 0 Å². The molecular weight excluding hydrogens is 266 g/mol. The van der Waals surface area contributed by atoms with E-state index in [1.54, 1.807) is 23.1 Å². The van der Waals surface area contributed by atoms with Gasteiger partial charge in [0, 0.05) is 24.2 Å². The van der Waals surface area contributed by atoms with Gasteiger partial charge in [-0.05, 0) is 13.3 Å². The summed E-state index contributed by atoms with van der Waals surface area (Å²) in [6.45, 7) is 5.43. The Kier molecular flexibility index (Phi) is 4.73. The van der Waals surface area contributed by atoms with Crippen LogP contribution in [0, 0.1) is 6.92 Å². The van der Waals surface area contributed by atoms with Crippen LogP contribution in [0.3, 0.4) is 0 Å². The van der Waals surface area contributed by atoms with Crippen LogP contribution in [-0.4, -0.2) is 26.3 Å². The van der Waals surface area contributed by atoms with E-state index in [2.05, 4.69) is 32.1 Å². The summed E-state index contributed by atoms with van der Waals surface area (Å²) in [5.41, 5.74) is 6.70. The molecule has 0 aliphatic carbocycles. The van der Waals surface area contributed by atoms with Gasteiger partial charge in [0.15, 0.2) is 5.16 Å². The van der Waals surface area contributed by atoms with Crippen LogP contribution in [0.4, 0.5) is 0 Å². The number of aryl methyl sites for hydroxylation is 2. The van der Waals surface area contributed by atoms with E-state index >= 15 is 0 Å². The standard InChI is InChI=1S/C11H17N5S2/c1-3-10-13-9(6-17-10)7-18-11-15-14-8(2)16(11)5-4-12/h6H,3-5,7,12H2,1-2H3. The molecule has 0 atom stereocenters. The van der Waals surface area contributed by atoms with E-state index in [0.29, 0.717) is 6.54 Å². The van der Waals surface area contributed by atoms with Gasteiger partial charge in [0.25, 0.3) is 0 Å². The van der Waals surface area contributed by atoms with Gasteiger partial charge in [-0.2, -0.15) is 0 Å². The van der Waals surface area contributed by atoms with E-state index in [0.717, 1.165) is 35.4 Å². The summed E-state index contributed by atoms with van der Waals surface area (Å²) in [6, 6.07) is 0. The lowest BCUT2D eigenvalue weighted by Crippen LogP contribution is -2.12. The second-order valence-corrected chi connectivity index (χ2v) is 5.73. The summed E-state index contributed by atoms with van der Waals surface area (Å²) in [4.78, 5) is 4.54. The van der Waals surface area contributed by atoms with Gasteiger partial charge >= 0.3 is 0 Å². The highest BCUT2D eigenvalue weighted by atomic mass is 32.2. The van der Waals surface area contributed by atoms with Crippen molar-refractivity contribution in [1.29, 1.82) is 0 Å². The van der Waals surface area contributed by atoms with E-state index in [9.17, 15) is 0 Å². The zero-order valence-corrected chi connectivity index (χ0v) is 12.2. The Labute approximate surface area is 115 Å². The van der Waals surface area contributed by atoms with Crippen LogP contribution < -0.4 is 5.73 Å². The molecule has 0 amide bonds. The van der Waals surface area contributed by atoms with Crippen molar-refractivity contribution in [3.05, 3.63) is 21.9 Å². The third-order valence-corrected chi connectivity index (χ3v) is 4.55. The molecule has 5 nitrogen and oxygen atoms in total. The predicted octanol–water partition coefficient (Wildman–Crippen LogP) is 1.86. The fraction of sp³-hybridized carbons (Fsp3) is 0.545. The maximum atomic E-state index is 5.59. The van der Waals surface area contributed by atoms with Crippen molar-refractivity contribution in [2.75, 3.05) is 6.54 Å². The fourth-order valence-corrected chi connectivity index (χ4v) is 3.32. The van der Waals surface area contributed by atoms with E-state index in [-0.39, 0.29) is 0 Å². The largest absolute Gasteiger partial charge is 0.329 e. The molecule has 0 fully saturated rings. The summed E-state index contributed by atoms with van der Waals surface area (Å²) in [5, 5.41) is 12.5. The zero-order valence-electron chi connectivity index (χ0n) is 10.6. The minimum Gasteiger partial charge on any atom is -0.329 e. The van der Waals surface area contributed by atoms with Gasteiger partial charge in [-0.3, -0.25) is 0 Å². The quantitative estimate of drug-likeness (QED) is 0.819. The van der Waals surface area contributed by atoms with Gasteiger partial charge in [0.1, 0.15) is 5.82 Å². The molecule has 0 aromatic carbocycles. The van der Waals surface area contributed by atoms with Gasteiger partial charge in [-0.25, -0.2) is 4.98 Å².